The van der Waals surface area contributed by atoms with Crippen molar-refractivity contribution in [2.24, 2.45) is 0 Å². The number of aliphatic carboxylic acids is 1. The fourth-order valence-electron chi connectivity index (χ4n) is 2.91. The van der Waals surface area contributed by atoms with E-state index in [9.17, 15) is 9.90 Å². The Morgan fingerprint density at radius 1 is 1.47 bits per heavy atom. The summed E-state index contributed by atoms with van der Waals surface area (Å²) in [6.45, 7) is 11.3. The first-order chi connectivity index (χ1) is 7.77. The number of nitrogens with zero attached hydrogens (tertiary/aromatic N) is 1. The Morgan fingerprint density at radius 3 is 2.35 bits per heavy atom. The van der Waals surface area contributed by atoms with Crippen molar-refractivity contribution < 1.29 is 14.6 Å². The summed E-state index contributed by atoms with van der Waals surface area (Å²) < 4.78 is 5.83. The van der Waals surface area contributed by atoms with Crippen LogP contribution in [0.5, 0.6) is 0 Å². The van der Waals surface area contributed by atoms with E-state index in [1.807, 2.05) is 34.6 Å². The lowest BCUT2D eigenvalue weighted by molar-refractivity contribution is -0.176. The van der Waals surface area contributed by atoms with Crippen LogP contribution in [0.25, 0.3) is 0 Å². The molecule has 1 aliphatic rings. The Balaban J connectivity index is 2.99. The lowest BCUT2D eigenvalue weighted by Crippen LogP contribution is -2.63. The molecular weight excluding hydrogens is 218 g/mol. The maximum Gasteiger partial charge on any atom is 0.324 e. The first-order valence-corrected chi connectivity index (χ1v) is 6.43. The Bertz CT molecular complexity index is 284. The van der Waals surface area contributed by atoms with E-state index in [0.29, 0.717) is 25.9 Å². The van der Waals surface area contributed by atoms with Gasteiger partial charge in [-0.3, -0.25) is 9.69 Å². The second kappa shape index (κ2) is 4.94. The maximum atomic E-state index is 11.6. The molecule has 0 aromatic heterocycles. The first kappa shape index (κ1) is 14.5. The van der Waals surface area contributed by atoms with Crippen LogP contribution in [0.1, 0.15) is 47.5 Å². The summed E-state index contributed by atoms with van der Waals surface area (Å²) in [4.78, 5) is 13.7. The van der Waals surface area contributed by atoms with Crippen LogP contribution in [0.3, 0.4) is 0 Å². The fourth-order valence-corrected chi connectivity index (χ4v) is 2.91. The number of carbonyl (C=O) groups is 1. The molecule has 1 unspecified atom stereocenters. The third-order valence-corrected chi connectivity index (χ3v) is 3.74. The van der Waals surface area contributed by atoms with Gasteiger partial charge in [0.2, 0.25) is 0 Å². The summed E-state index contributed by atoms with van der Waals surface area (Å²) >= 11 is 0. The van der Waals surface area contributed by atoms with Crippen LogP contribution in [-0.4, -0.2) is 46.3 Å². The van der Waals surface area contributed by atoms with E-state index in [-0.39, 0.29) is 11.7 Å². The minimum absolute atomic E-state index is 0.0792. The highest BCUT2D eigenvalue weighted by molar-refractivity contribution is 5.78. The third-order valence-electron chi connectivity index (χ3n) is 3.74. The Hall–Kier alpha value is -0.610. The number of ether oxygens (including phenoxy) is 1. The van der Waals surface area contributed by atoms with Crippen LogP contribution in [0.4, 0.5) is 0 Å². The number of hydrogen-bond acceptors (Lipinski definition) is 3. The highest BCUT2D eigenvalue weighted by Crippen LogP contribution is 2.31. The first-order valence-electron chi connectivity index (χ1n) is 6.43. The molecule has 1 rings (SSSR count). The highest BCUT2D eigenvalue weighted by Gasteiger charge is 2.46. The van der Waals surface area contributed by atoms with Crippen LogP contribution >= 0.6 is 0 Å². The second-order valence-electron chi connectivity index (χ2n) is 5.61. The standard InChI is InChI=1S/C13H25NO3/c1-6-13(7-2,11(15)16)14-8-10(3)17-12(4,5)9-14/h10H,6-9H2,1-5H3,(H,15,16). The Kier molecular flexibility index (Phi) is 4.20. The van der Waals surface area contributed by atoms with Gasteiger partial charge < -0.3 is 9.84 Å². The van der Waals surface area contributed by atoms with Gasteiger partial charge in [-0.2, -0.15) is 0 Å². The van der Waals surface area contributed by atoms with Gasteiger partial charge in [0.1, 0.15) is 5.54 Å². The zero-order valence-corrected chi connectivity index (χ0v) is 11.6. The van der Waals surface area contributed by atoms with Gasteiger partial charge in [0, 0.05) is 13.1 Å². The molecule has 0 amide bonds. The number of rotatable bonds is 4. The molecule has 1 atom stereocenters. The highest BCUT2D eigenvalue weighted by atomic mass is 16.5. The Labute approximate surface area is 104 Å². The normalized spacial score (nSPS) is 25.8. The van der Waals surface area contributed by atoms with E-state index in [0.717, 1.165) is 0 Å². The SMILES string of the molecule is CCC(CC)(C(=O)O)N1CC(C)OC(C)(C)C1. The summed E-state index contributed by atoms with van der Waals surface area (Å²) in [6, 6.07) is 0. The van der Waals surface area contributed by atoms with E-state index < -0.39 is 11.5 Å². The fraction of sp³-hybridized carbons (Fsp3) is 0.923. The molecule has 1 heterocycles. The number of carboxylic acid groups (broad SMARTS) is 1. The van der Waals surface area contributed by atoms with Crippen molar-refractivity contribution in [1.29, 1.82) is 0 Å². The minimum atomic E-state index is -0.741. The molecule has 0 aromatic rings. The summed E-state index contributed by atoms with van der Waals surface area (Å²) in [7, 11) is 0. The van der Waals surface area contributed by atoms with Gasteiger partial charge in [-0.1, -0.05) is 13.8 Å². The van der Waals surface area contributed by atoms with Gasteiger partial charge >= 0.3 is 5.97 Å². The van der Waals surface area contributed by atoms with E-state index in [2.05, 4.69) is 4.90 Å². The summed E-state index contributed by atoms with van der Waals surface area (Å²) in [5, 5.41) is 9.55. The van der Waals surface area contributed by atoms with Crippen molar-refractivity contribution in [3.63, 3.8) is 0 Å². The van der Waals surface area contributed by atoms with E-state index in [4.69, 9.17) is 4.74 Å². The van der Waals surface area contributed by atoms with Crippen LogP contribution in [0.15, 0.2) is 0 Å². The summed E-state index contributed by atoms with van der Waals surface area (Å²) in [6.07, 6.45) is 1.33. The van der Waals surface area contributed by atoms with Crippen molar-refractivity contribution in [2.75, 3.05) is 13.1 Å². The quantitative estimate of drug-likeness (QED) is 0.821. The molecule has 100 valence electrons. The lowest BCUT2D eigenvalue weighted by Gasteiger charge is -2.49. The topological polar surface area (TPSA) is 49.8 Å². The van der Waals surface area contributed by atoms with E-state index >= 15 is 0 Å². The third kappa shape index (κ3) is 2.80. The molecule has 0 radical (unpaired) electrons. The summed E-state index contributed by atoms with van der Waals surface area (Å²) in [5.41, 5.74) is -1.02. The Morgan fingerprint density at radius 2 is 2.00 bits per heavy atom. The van der Waals surface area contributed by atoms with Crippen molar-refractivity contribution in [2.45, 2.75) is 64.7 Å². The zero-order valence-electron chi connectivity index (χ0n) is 11.6. The predicted octanol–water partition coefficient (Wildman–Crippen LogP) is 2.13. The minimum Gasteiger partial charge on any atom is -0.480 e. The predicted molar refractivity (Wildman–Crippen MR) is 67.1 cm³/mol. The van der Waals surface area contributed by atoms with Crippen molar-refractivity contribution in [1.82, 2.24) is 4.90 Å². The number of hydrogen-bond donors (Lipinski definition) is 1. The lowest BCUT2D eigenvalue weighted by atomic mass is 9.88. The molecule has 0 aromatic carbocycles. The molecule has 0 aliphatic carbocycles. The van der Waals surface area contributed by atoms with Crippen LogP contribution in [0.2, 0.25) is 0 Å². The average Bonchev–Trinajstić information content (AvgIpc) is 2.16. The van der Waals surface area contributed by atoms with E-state index in [1.54, 1.807) is 0 Å². The second-order valence-corrected chi connectivity index (χ2v) is 5.61. The molecule has 0 spiro atoms. The molecule has 4 nitrogen and oxygen atoms in total. The van der Waals surface area contributed by atoms with Crippen molar-refractivity contribution in [3.05, 3.63) is 0 Å². The van der Waals surface area contributed by atoms with Gasteiger partial charge in [-0.15, -0.1) is 0 Å². The van der Waals surface area contributed by atoms with Gasteiger partial charge in [-0.05, 0) is 33.6 Å². The van der Waals surface area contributed by atoms with Crippen LogP contribution in [0, 0.1) is 0 Å². The van der Waals surface area contributed by atoms with Crippen LogP contribution < -0.4 is 0 Å². The van der Waals surface area contributed by atoms with Crippen molar-refractivity contribution >= 4 is 5.97 Å². The molecule has 0 bridgehead atoms. The summed E-state index contributed by atoms with van der Waals surface area (Å²) in [5.74, 6) is -0.715. The van der Waals surface area contributed by atoms with Gasteiger partial charge in [0.25, 0.3) is 0 Å². The molecule has 4 heteroatoms. The molecule has 1 aliphatic heterocycles. The number of carboxylic acids is 1. The van der Waals surface area contributed by atoms with Gasteiger partial charge in [0.15, 0.2) is 0 Å². The number of morpholine rings is 1. The van der Waals surface area contributed by atoms with Gasteiger partial charge in [0.05, 0.1) is 11.7 Å². The maximum absolute atomic E-state index is 11.6. The van der Waals surface area contributed by atoms with Gasteiger partial charge in [-0.25, -0.2) is 0 Å². The molecule has 0 saturated carbocycles. The molecular formula is C13H25NO3. The van der Waals surface area contributed by atoms with E-state index in [1.165, 1.54) is 0 Å². The smallest absolute Gasteiger partial charge is 0.324 e. The molecule has 1 N–H and O–H groups in total. The zero-order chi connectivity index (χ0) is 13.3. The molecule has 1 saturated heterocycles. The monoisotopic (exact) mass is 243 g/mol. The van der Waals surface area contributed by atoms with Crippen LogP contribution in [-0.2, 0) is 9.53 Å². The average molecular weight is 243 g/mol. The van der Waals surface area contributed by atoms with Crippen molar-refractivity contribution in [3.8, 4) is 0 Å². The largest absolute Gasteiger partial charge is 0.480 e. The molecule has 1 fully saturated rings. The molecule has 17 heavy (non-hydrogen) atoms.